The van der Waals surface area contributed by atoms with Gasteiger partial charge in [0.1, 0.15) is 5.03 Å². The third-order valence-electron chi connectivity index (χ3n) is 2.48. The van der Waals surface area contributed by atoms with Gasteiger partial charge in [0.15, 0.2) is 6.29 Å². The van der Waals surface area contributed by atoms with Crippen molar-refractivity contribution in [2.75, 3.05) is 0 Å². The van der Waals surface area contributed by atoms with E-state index in [-0.39, 0.29) is 0 Å². The first-order valence-corrected chi connectivity index (χ1v) is 6.17. The quantitative estimate of drug-likeness (QED) is 0.770. The number of hydrogen-bond acceptors (Lipinski definition) is 3. The van der Waals surface area contributed by atoms with Crippen molar-refractivity contribution in [2.24, 2.45) is 0 Å². The molecule has 1 heterocycles. The zero-order valence-corrected chi connectivity index (χ0v) is 10.6. The molecule has 0 fully saturated rings. The molecule has 0 aliphatic heterocycles. The maximum absolute atomic E-state index is 10.9. The second kappa shape index (κ2) is 5.15. The van der Waals surface area contributed by atoms with Crippen molar-refractivity contribution >= 4 is 18.0 Å². The van der Waals surface area contributed by atoms with Gasteiger partial charge in [-0.3, -0.25) is 4.79 Å². The molecule has 0 saturated heterocycles. The molecule has 0 unspecified atom stereocenters. The summed E-state index contributed by atoms with van der Waals surface area (Å²) < 4.78 is 0. The van der Waals surface area contributed by atoms with Crippen LogP contribution in [-0.4, -0.2) is 11.3 Å². The molecular formula is C14H13NOS. The van der Waals surface area contributed by atoms with Crippen LogP contribution in [0.25, 0.3) is 0 Å². The van der Waals surface area contributed by atoms with Crippen molar-refractivity contribution in [1.82, 2.24) is 4.98 Å². The molecule has 0 amide bonds. The van der Waals surface area contributed by atoms with Crippen LogP contribution in [-0.2, 0) is 0 Å². The van der Waals surface area contributed by atoms with Crippen LogP contribution < -0.4 is 0 Å². The summed E-state index contributed by atoms with van der Waals surface area (Å²) in [5.74, 6) is 0. The fraction of sp³-hybridized carbons (Fsp3) is 0.143. The Hall–Kier alpha value is -1.61. The molecule has 0 aliphatic carbocycles. The van der Waals surface area contributed by atoms with Crippen molar-refractivity contribution in [3.8, 4) is 0 Å². The minimum absolute atomic E-state index is 0.637. The lowest BCUT2D eigenvalue weighted by molar-refractivity contribution is 0.112. The van der Waals surface area contributed by atoms with Crippen LogP contribution in [0.3, 0.4) is 0 Å². The molecule has 0 aliphatic rings. The topological polar surface area (TPSA) is 30.0 Å². The monoisotopic (exact) mass is 243 g/mol. The van der Waals surface area contributed by atoms with Crippen molar-refractivity contribution in [2.45, 2.75) is 23.8 Å². The van der Waals surface area contributed by atoms with Gasteiger partial charge in [-0.25, -0.2) is 4.98 Å². The zero-order valence-electron chi connectivity index (χ0n) is 9.81. The number of aromatic nitrogens is 1. The van der Waals surface area contributed by atoms with Gasteiger partial charge in [-0.05, 0) is 43.2 Å². The summed E-state index contributed by atoms with van der Waals surface area (Å²) in [5.41, 5.74) is 3.04. The largest absolute Gasteiger partial charge is 0.298 e. The first kappa shape index (κ1) is 11.9. The lowest BCUT2D eigenvalue weighted by Gasteiger charge is -2.07. The number of benzene rings is 1. The minimum atomic E-state index is 0.637. The Labute approximate surface area is 105 Å². The Kier molecular flexibility index (Phi) is 3.59. The van der Waals surface area contributed by atoms with E-state index in [1.54, 1.807) is 18.3 Å². The highest BCUT2D eigenvalue weighted by molar-refractivity contribution is 7.99. The summed E-state index contributed by atoms with van der Waals surface area (Å²) in [6.45, 7) is 4.12. The maximum atomic E-state index is 10.9. The molecule has 0 N–H and O–H groups in total. The van der Waals surface area contributed by atoms with Crippen LogP contribution in [0.2, 0.25) is 0 Å². The highest BCUT2D eigenvalue weighted by Crippen LogP contribution is 2.31. The molecule has 2 aromatic rings. The summed E-state index contributed by atoms with van der Waals surface area (Å²) in [6, 6.07) is 9.84. The van der Waals surface area contributed by atoms with E-state index in [1.807, 2.05) is 0 Å². The van der Waals surface area contributed by atoms with Gasteiger partial charge in [0, 0.05) is 16.7 Å². The molecule has 0 atom stereocenters. The third-order valence-corrected chi connectivity index (χ3v) is 3.67. The smallest absolute Gasteiger partial charge is 0.152 e. The predicted molar refractivity (Wildman–Crippen MR) is 69.7 cm³/mol. The fourth-order valence-electron chi connectivity index (χ4n) is 1.50. The third kappa shape index (κ3) is 2.74. The van der Waals surface area contributed by atoms with Crippen molar-refractivity contribution in [3.63, 3.8) is 0 Å². The summed E-state index contributed by atoms with van der Waals surface area (Å²) >= 11 is 1.54. The van der Waals surface area contributed by atoms with Gasteiger partial charge >= 0.3 is 0 Å². The molecule has 86 valence electrons. The average Bonchev–Trinajstić information content (AvgIpc) is 2.34. The Bertz CT molecular complexity index is 552. The van der Waals surface area contributed by atoms with Gasteiger partial charge in [-0.1, -0.05) is 23.9 Å². The van der Waals surface area contributed by atoms with E-state index < -0.39 is 0 Å². The lowest BCUT2D eigenvalue weighted by atomic mass is 10.2. The summed E-state index contributed by atoms with van der Waals surface area (Å²) in [5, 5.41) is 0.760. The summed E-state index contributed by atoms with van der Waals surface area (Å²) in [7, 11) is 0. The molecule has 0 radical (unpaired) electrons. The zero-order chi connectivity index (χ0) is 12.3. The molecule has 0 saturated carbocycles. The van der Waals surface area contributed by atoms with E-state index in [0.29, 0.717) is 5.56 Å². The van der Waals surface area contributed by atoms with E-state index in [2.05, 4.69) is 37.0 Å². The van der Waals surface area contributed by atoms with Crippen LogP contribution in [0.5, 0.6) is 0 Å². The van der Waals surface area contributed by atoms with Crippen molar-refractivity contribution in [1.29, 1.82) is 0 Å². The first-order chi connectivity index (χ1) is 8.20. The van der Waals surface area contributed by atoms with Gasteiger partial charge in [0.05, 0.1) is 0 Å². The number of carbonyl (C=O) groups is 1. The van der Waals surface area contributed by atoms with Gasteiger partial charge in [0.25, 0.3) is 0 Å². The number of pyridine rings is 1. The van der Waals surface area contributed by atoms with E-state index in [9.17, 15) is 4.79 Å². The highest BCUT2D eigenvalue weighted by Gasteiger charge is 2.06. The number of rotatable bonds is 3. The molecule has 17 heavy (non-hydrogen) atoms. The first-order valence-electron chi connectivity index (χ1n) is 5.36. The van der Waals surface area contributed by atoms with Crippen LogP contribution >= 0.6 is 11.8 Å². The molecule has 1 aromatic carbocycles. The predicted octanol–water partition coefficient (Wildman–Crippen LogP) is 3.66. The normalized spacial score (nSPS) is 10.2. The average molecular weight is 243 g/mol. The fourth-order valence-corrected chi connectivity index (χ4v) is 2.53. The van der Waals surface area contributed by atoms with Crippen LogP contribution in [0, 0.1) is 13.8 Å². The van der Waals surface area contributed by atoms with E-state index >= 15 is 0 Å². The summed E-state index contributed by atoms with van der Waals surface area (Å²) in [4.78, 5) is 16.3. The Morgan fingerprint density at radius 2 is 2.06 bits per heavy atom. The highest BCUT2D eigenvalue weighted by atomic mass is 32.2. The van der Waals surface area contributed by atoms with Gasteiger partial charge < -0.3 is 0 Å². The molecule has 0 bridgehead atoms. The molecule has 1 aromatic heterocycles. The van der Waals surface area contributed by atoms with Crippen LogP contribution in [0.4, 0.5) is 0 Å². The van der Waals surface area contributed by atoms with Crippen LogP contribution in [0.1, 0.15) is 21.5 Å². The van der Waals surface area contributed by atoms with E-state index in [1.165, 1.54) is 22.9 Å². The Morgan fingerprint density at radius 1 is 1.24 bits per heavy atom. The number of aldehydes is 1. The van der Waals surface area contributed by atoms with Gasteiger partial charge in [-0.15, -0.1) is 0 Å². The maximum Gasteiger partial charge on any atom is 0.152 e. The minimum Gasteiger partial charge on any atom is -0.298 e. The Balaban J connectivity index is 2.37. The second-order valence-electron chi connectivity index (χ2n) is 3.89. The standard InChI is InChI=1S/C14H13NOS/c1-10-5-6-11(2)13(8-10)17-14-12(9-16)4-3-7-15-14/h3-9H,1-2H3. The molecular weight excluding hydrogens is 230 g/mol. The van der Waals surface area contributed by atoms with Crippen LogP contribution in [0.15, 0.2) is 46.5 Å². The Morgan fingerprint density at radius 3 is 2.82 bits per heavy atom. The number of nitrogens with zero attached hydrogens (tertiary/aromatic N) is 1. The number of aryl methyl sites for hydroxylation is 2. The van der Waals surface area contributed by atoms with E-state index in [0.717, 1.165) is 16.2 Å². The lowest BCUT2D eigenvalue weighted by Crippen LogP contribution is -1.89. The van der Waals surface area contributed by atoms with Gasteiger partial charge in [0.2, 0.25) is 0 Å². The second-order valence-corrected chi connectivity index (χ2v) is 4.92. The van der Waals surface area contributed by atoms with Crippen molar-refractivity contribution < 1.29 is 4.79 Å². The summed E-state index contributed by atoms with van der Waals surface area (Å²) in [6.07, 6.45) is 2.56. The molecule has 2 rings (SSSR count). The van der Waals surface area contributed by atoms with E-state index in [4.69, 9.17) is 0 Å². The SMILES string of the molecule is Cc1ccc(C)c(Sc2ncccc2C=O)c1. The molecule has 2 nitrogen and oxygen atoms in total. The molecule has 0 spiro atoms. The number of hydrogen-bond donors (Lipinski definition) is 0. The number of carbonyl (C=O) groups excluding carboxylic acids is 1. The van der Waals surface area contributed by atoms with Gasteiger partial charge in [-0.2, -0.15) is 0 Å². The molecule has 3 heteroatoms. The van der Waals surface area contributed by atoms with Crippen molar-refractivity contribution in [3.05, 3.63) is 53.2 Å².